The van der Waals surface area contributed by atoms with Gasteiger partial charge in [0.05, 0.1) is 0 Å². The summed E-state index contributed by atoms with van der Waals surface area (Å²) >= 11 is 0. The zero-order valence-corrected chi connectivity index (χ0v) is 7.66. The highest BCUT2D eigenvalue weighted by Gasteiger charge is 2.13. The lowest BCUT2D eigenvalue weighted by Crippen LogP contribution is -2.29. The highest BCUT2D eigenvalue weighted by molar-refractivity contribution is 5.21. The molecule has 66 valence electrons. The molecule has 1 fully saturated rings. The van der Waals surface area contributed by atoms with E-state index in [1.807, 2.05) is 0 Å². The third-order valence-corrected chi connectivity index (χ3v) is 2.88. The maximum Gasteiger partial charge on any atom is -0.00261 e. The van der Waals surface area contributed by atoms with Crippen LogP contribution in [0.1, 0.15) is 24.3 Å². The molecule has 0 amide bonds. The first kappa shape index (κ1) is 7.93. The summed E-state index contributed by atoms with van der Waals surface area (Å²) in [7, 11) is 2.21. The minimum absolute atomic E-state index is 0.830. The average Bonchev–Trinajstić information content (AvgIpc) is 2.58. The smallest absolute Gasteiger partial charge is 0.00261 e. The van der Waals surface area contributed by atoms with Crippen molar-refractivity contribution in [1.82, 2.24) is 4.90 Å². The molecule has 1 aromatic carbocycles. The van der Waals surface area contributed by atoms with E-state index in [1.54, 1.807) is 5.56 Å². The van der Waals surface area contributed by atoms with Crippen LogP contribution in [0.3, 0.4) is 0 Å². The molecule has 1 aliphatic heterocycles. The van der Waals surface area contributed by atoms with Gasteiger partial charge >= 0.3 is 0 Å². The van der Waals surface area contributed by atoms with Gasteiger partial charge in [0, 0.05) is 0 Å². The Bertz CT molecular complexity index is 217. The highest BCUT2D eigenvalue weighted by atomic mass is 15.1. The number of hydrogen-bond acceptors (Lipinski definition) is 1. The molecular formula is C11H16N-. The quantitative estimate of drug-likeness (QED) is 0.572. The van der Waals surface area contributed by atoms with E-state index in [0.29, 0.717) is 0 Å². The highest BCUT2D eigenvalue weighted by Crippen LogP contribution is 2.27. The Balaban J connectivity index is 1.99. The molecule has 0 radical (unpaired) electrons. The fraction of sp³-hybridized carbons (Fsp3) is 0.545. The molecule has 1 heteroatoms. The zero-order valence-electron chi connectivity index (χ0n) is 7.66. The summed E-state index contributed by atoms with van der Waals surface area (Å²) in [6.45, 7) is 2.52. The minimum Gasteiger partial charge on any atom is -0.306 e. The molecule has 0 bridgehead atoms. The second-order valence-electron chi connectivity index (χ2n) is 3.80. The maximum absolute atomic E-state index is 2.42. The molecule has 1 aromatic rings. The molecule has 2 rings (SSSR count). The SMILES string of the molecule is CN1CCC(c2cc[cH-]c2)CC1. The van der Waals surface area contributed by atoms with Crippen LogP contribution in [0.5, 0.6) is 0 Å². The average molecular weight is 162 g/mol. The van der Waals surface area contributed by atoms with Crippen molar-refractivity contribution < 1.29 is 0 Å². The topological polar surface area (TPSA) is 3.24 Å². The van der Waals surface area contributed by atoms with E-state index in [2.05, 4.69) is 36.2 Å². The standard InChI is InChI=1S/C11H16N/c1-12-8-6-11(7-9-12)10-4-2-3-5-10/h2-5,11H,6-9H2,1H3/q-1. The summed E-state index contributed by atoms with van der Waals surface area (Å²) in [5, 5.41) is 0. The lowest BCUT2D eigenvalue weighted by Gasteiger charge is -2.31. The van der Waals surface area contributed by atoms with Gasteiger partial charge in [0.15, 0.2) is 0 Å². The first-order valence-corrected chi connectivity index (χ1v) is 4.76. The predicted octanol–water partition coefficient (Wildman–Crippen LogP) is 2.21. The second-order valence-corrected chi connectivity index (χ2v) is 3.80. The van der Waals surface area contributed by atoms with Gasteiger partial charge in [-0.2, -0.15) is 23.8 Å². The molecule has 1 saturated heterocycles. The Morgan fingerprint density at radius 2 is 2.17 bits per heavy atom. The zero-order chi connectivity index (χ0) is 8.39. The fourth-order valence-corrected chi connectivity index (χ4v) is 2.00. The molecular weight excluding hydrogens is 146 g/mol. The third kappa shape index (κ3) is 1.56. The van der Waals surface area contributed by atoms with Crippen LogP contribution in [0.15, 0.2) is 24.3 Å². The van der Waals surface area contributed by atoms with E-state index in [4.69, 9.17) is 0 Å². The molecule has 12 heavy (non-hydrogen) atoms. The van der Waals surface area contributed by atoms with Crippen LogP contribution in [0, 0.1) is 0 Å². The molecule has 1 aliphatic rings. The number of nitrogens with zero attached hydrogens (tertiary/aromatic N) is 1. The van der Waals surface area contributed by atoms with Crippen molar-refractivity contribution in [2.75, 3.05) is 20.1 Å². The van der Waals surface area contributed by atoms with Crippen LogP contribution in [-0.4, -0.2) is 25.0 Å². The van der Waals surface area contributed by atoms with Gasteiger partial charge in [-0.1, -0.05) is 5.92 Å². The normalized spacial score (nSPS) is 21.4. The van der Waals surface area contributed by atoms with Crippen LogP contribution >= 0.6 is 0 Å². The van der Waals surface area contributed by atoms with Gasteiger partial charge in [-0.15, -0.1) is 0 Å². The van der Waals surface area contributed by atoms with Crippen molar-refractivity contribution in [2.45, 2.75) is 18.8 Å². The van der Waals surface area contributed by atoms with Gasteiger partial charge in [0.1, 0.15) is 0 Å². The fourth-order valence-electron chi connectivity index (χ4n) is 2.00. The summed E-state index contributed by atoms with van der Waals surface area (Å²) in [6, 6.07) is 8.81. The number of hydrogen-bond donors (Lipinski definition) is 0. The molecule has 0 N–H and O–H groups in total. The van der Waals surface area contributed by atoms with Crippen LogP contribution in [0.4, 0.5) is 0 Å². The molecule has 0 saturated carbocycles. The van der Waals surface area contributed by atoms with E-state index >= 15 is 0 Å². The van der Waals surface area contributed by atoms with Gasteiger partial charge in [-0.05, 0) is 33.0 Å². The van der Waals surface area contributed by atoms with E-state index < -0.39 is 0 Å². The first-order chi connectivity index (χ1) is 5.86. The predicted molar refractivity (Wildman–Crippen MR) is 51.5 cm³/mol. The monoisotopic (exact) mass is 162 g/mol. The van der Waals surface area contributed by atoms with E-state index in [0.717, 1.165) is 5.92 Å². The maximum atomic E-state index is 2.42. The minimum atomic E-state index is 0.830. The Kier molecular flexibility index (Phi) is 2.22. The van der Waals surface area contributed by atoms with Gasteiger partial charge in [-0.25, -0.2) is 6.07 Å². The molecule has 1 nitrogen and oxygen atoms in total. The lowest BCUT2D eigenvalue weighted by molar-refractivity contribution is 0.255. The molecule has 0 atom stereocenters. The summed E-state index contributed by atoms with van der Waals surface area (Å²) in [5.74, 6) is 0.830. The molecule has 1 heterocycles. The Morgan fingerprint density at radius 1 is 1.42 bits per heavy atom. The summed E-state index contributed by atoms with van der Waals surface area (Å²) < 4.78 is 0. The third-order valence-electron chi connectivity index (χ3n) is 2.88. The second kappa shape index (κ2) is 3.36. The largest absolute Gasteiger partial charge is 0.306 e. The van der Waals surface area contributed by atoms with Crippen molar-refractivity contribution in [3.05, 3.63) is 29.8 Å². The number of likely N-dealkylation sites (tertiary alicyclic amines) is 1. The van der Waals surface area contributed by atoms with Crippen molar-refractivity contribution in [3.8, 4) is 0 Å². The number of rotatable bonds is 1. The molecule has 0 aliphatic carbocycles. The van der Waals surface area contributed by atoms with Gasteiger partial charge in [0.25, 0.3) is 0 Å². The van der Waals surface area contributed by atoms with Crippen LogP contribution < -0.4 is 0 Å². The van der Waals surface area contributed by atoms with Crippen molar-refractivity contribution in [3.63, 3.8) is 0 Å². The van der Waals surface area contributed by atoms with Crippen molar-refractivity contribution in [1.29, 1.82) is 0 Å². The van der Waals surface area contributed by atoms with Gasteiger partial charge in [0.2, 0.25) is 0 Å². The Labute approximate surface area is 74.4 Å². The summed E-state index contributed by atoms with van der Waals surface area (Å²) in [5.41, 5.74) is 1.54. The van der Waals surface area contributed by atoms with Gasteiger partial charge in [-0.3, -0.25) is 0 Å². The summed E-state index contributed by atoms with van der Waals surface area (Å²) in [4.78, 5) is 2.42. The lowest BCUT2D eigenvalue weighted by atomic mass is 9.91. The summed E-state index contributed by atoms with van der Waals surface area (Å²) in [6.07, 6.45) is 2.67. The van der Waals surface area contributed by atoms with E-state index in [1.165, 1.54) is 25.9 Å². The molecule has 0 unspecified atom stereocenters. The first-order valence-electron chi connectivity index (χ1n) is 4.76. The van der Waals surface area contributed by atoms with E-state index in [-0.39, 0.29) is 0 Å². The number of piperidine rings is 1. The van der Waals surface area contributed by atoms with Gasteiger partial charge < -0.3 is 4.90 Å². The van der Waals surface area contributed by atoms with Crippen molar-refractivity contribution >= 4 is 0 Å². The van der Waals surface area contributed by atoms with Crippen LogP contribution in [0.2, 0.25) is 0 Å². The molecule has 0 aromatic heterocycles. The Morgan fingerprint density at radius 3 is 2.75 bits per heavy atom. The van der Waals surface area contributed by atoms with Crippen LogP contribution in [-0.2, 0) is 0 Å². The molecule has 0 spiro atoms. The Hall–Kier alpha value is -0.690. The van der Waals surface area contributed by atoms with Crippen molar-refractivity contribution in [2.24, 2.45) is 0 Å². The van der Waals surface area contributed by atoms with Crippen LogP contribution in [0.25, 0.3) is 0 Å². The van der Waals surface area contributed by atoms with E-state index in [9.17, 15) is 0 Å².